The molecule has 1 aromatic carbocycles. The van der Waals surface area contributed by atoms with Gasteiger partial charge in [0.2, 0.25) is 5.91 Å². The van der Waals surface area contributed by atoms with Crippen molar-refractivity contribution in [1.29, 1.82) is 0 Å². The molecule has 1 fully saturated rings. The van der Waals surface area contributed by atoms with Crippen molar-refractivity contribution in [2.75, 3.05) is 33.4 Å². The molecule has 0 bridgehead atoms. The summed E-state index contributed by atoms with van der Waals surface area (Å²) in [5.74, 6) is 1.03. The highest BCUT2D eigenvalue weighted by molar-refractivity contribution is 6.32. The number of carbonyl (C=O) groups is 1. The van der Waals surface area contributed by atoms with Gasteiger partial charge in [-0.25, -0.2) is 0 Å². The summed E-state index contributed by atoms with van der Waals surface area (Å²) in [6.45, 7) is 6.13. The van der Waals surface area contributed by atoms with Gasteiger partial charge >= 0.3 is 0 Å². The van der Waals surface area contributed by atoms with Crippen molar-refractivity contribution >= 4 is 23.6 Å². The molecule has 1 unspecified atom stereocenters. The van der Waals surface area contributed by atoms with Gasteiger partial charge in [0.05, 0.1) is 31.5 Å². The summed E-state index contributed by atoms with van der Waals surface area (Å²) in [5.41, 5.74) is 0.782. The fraction of sp³-hybridized carbons (Fsp3) is 0.471. The maximum absolute atomic E-state index is 12.2. The smallest absolute Gasteiger partial charge is 0.246 e. The molecular formula is C17H22ClNO4. The Kier molecular flexibility index (Phi) is 6.30. The summed E-state index contributed by atoms with van der Waals surface area (Å²) in [4.78, 5) is 14.0. The van der Waals surface area contributed by atoms with E-state index in [-0.39, 0.29) is 12.0 Å². The molecule has 1 aliphatic heterocycles. The second-order valence-electron chi connectivity index (χ2n) is 5.27. The standard InChI is InChI=1S/C17H22ClNO4/c1-4-22-17-14(18)9-13(10-15(17)21-3)5-6-16(20)19-7-8-23-12(2)11-19/h5-6,9-10,12H,4,7-8,11H2,1-3H3/b6-5+. The van der Waals surface area contributed by atoms with Crippen LogP contribution in [0.4, 0.5) is 0 Å². The van der Waals surface area contributed by atoms with Crippen molar-refractivity contribution in [2.45, 2.75) is 20.0 Å². The van der Waals surface area contributed by atoms with Gasteiger partial charge in [0.1, 0.15) is 0 Å². The molecule has 0 aromatic heterocycles. The third-order valence-corrected chi connectivity index (χ3v) is 3.79. The predicted molar refractivity (Wildman–Crippen MR) is 90.2 cm³/mol. The fourth-order valence-corrected chi connectivity index (χ4v) is 2.69. The molecule has 2 rings (SSSR count). The summed E-state index contributed by atoms with van der Waals surface area (Å²) >= 11 is 6.22. The molecule has 0 spiro atoms. The lowest BCUT2D eigenvalue weighted by molar-refractivity contribution is -0.132. The van der Waals surface area contributed by atoms with Crippen LogP contribution < -0.4 is 9.47 Å². The quantitative estimate of drug-likeness (QED) is 0.774. The first kappa shape index (κ1) is 17.6. The Morgan fingerprint density at radius 3 is 2.96 bits per heavy atom. The van der Waals surface area contributed by atoms with Gasteiger partial charge < -0.3 is 19.1 Å². The molecule has 1 amide bonds. The highest BCUT2D eigenvalue weighted by atomic mass is 35.5. The second kappa shape index (κ2) is 8.22. The normalized spacial score (nSPS) is 18.3. The molecule has 0 radical (unpaired) electrons. The molecule has 1 aromatic rings. The number of rotatable bonds is 5. The lowest BCUT2D eigenvalue weighted by atomic mass is 10.1. The third kappa shape index (κ3) is 4.62. The Morgan fingerprint density at radius 2 is 2.30 bits per heavy atom. The Labute approximate surface area is 141 Å². The fourth-order valence-electron chi connectivity index (χ4n) is 2.41. The van der Waals surface area contributed by atoms with E-state index < -0.39 is 0 Å². The van der Waals surface area contributed by atoms with E-state index in [1.165, 1.54) is 0 Å². The van der Waals surface area contributed by atoms with E-state index in [1.54, 1.807) is 36.3 Å². The summed E-state index contributed by atoms with van der Waals surface area (Å²) < 4.78 is 16.2. The Hall–Kier alpha value is -1.72. The average molecular weight is 340 g/mol. The number of morpholine rings is 1. The minimum absolute atomic E-state index is 0.0378. The number of amides is 1. The van der Waals surface area contributed by atoms with Crippen LogP contribution in [0.25, 0.3) is 6.08 Å². The van der Waals surface area contributed by atoms with Crippen LogP contribution in [0.3, 0.4) is 0 Å². The lowest BCUT2D eigenvalue weighted by Gasteiger charge is -2.30. The van der Waals surface area contributed by atoms with Crippen LogP contribution >= 0.6 is 11.6 Å². The zero-order valence-electron chi connectivity index (χ0n) is 13.7. The molecule has 1 atom stereocenters. The van der Waals surface area contributed by atoms with E-state index in [9.17, 15) is 4.79 Å². The van der Waals surface area contributed by atoms with Crippen molar-refractivity contribution in [1.82, 2.24) is 4.90 Å². The SMILES string of the molecule is CCOc1c(Cl)cc(/C=C/C(=O)N2CCOC(C)C2)cc1OC. The van der Waals surface area contributed by atoms with Gasteiger partial charge in [0, 0.05) is 19.2 Å². The molecule has 0 aliphatic carbocycles. The Bertz CT molecular complexity index is 588. The molecular weight excluding hydrogens is 318 g/mol. The van der Waals surface area contributed by atoms with E-state index >= 15 is 0 Å². The van der Waals surface area contributed by atoms with Gasteiger partial charge in [-0.15, -0.1) is 0 Å². The van der Waals surface area contributed by atoms with Crippen LogP contribution in [0.1, 0.15) is 19.4 Å². The monoisotopic (exact) mass is 339 g/mol. The summed E-state index contributed by atoms with van der Waals surface area (Å²) in [6.07, 6.45) is 3.34. The predicted octanol–water partition coefficient (Wildman–Crippen LogP) is 3.01. The first-order valence-corrected chi connectivity index (χ1v) is 8.01. The van der Waals surface area contributed by atoms with E-state index in [2.05, 4.69) is 0 Å². The molecule has 0 N–H and O–H groups in total. The number of carbonyl (C=O) groups excluding carboxylic acids is 1. The zero-order valence-corrected chi connectivity index (χ0v) is 14.4. The largest absolute Gasteiger partial charge is 0.493 e. The van der Waals surface area contributed by atoms with Crippen LogP contribution in [0.2, 0.25) is 5.02 Å². The third-order valence-electron chi connectivity index (χ3n) is 3.51. The first-order valence-electron chi connectivity index (χ1n) is 7.64. The number of halogens is 1. The number of hydrogen-bond acceptors (Lipinski definition) is 4. The second-order valence-corrected chi connectivity index (χ2v) is 5.67. The first-order chi connectivity index (χ1) is 11.0. The zero-order chi connectivity index (χ0) is 16.8. The summed E-state index contributed by atoms with van der Waals surface area (Å²) in [6, 6.07) is 3.55. The minimum atomic E-state index is -0.0378. The van der Waals surface area contributed by atoms with Crippen LogP contribution in [0.5, 0.6) is 11.5 Å². The van der Waals surface area contributed by atoms with E-state index in [0.29, 0.717) is 42.8 Å². The van der Waals surface area contributed by atoms with Crippen molar-refractivity contribution in [3.8, 4) is 11.5 Å². The molecule has 126 valence electrons. The van der Waals surface area contributed by atoms with Crippen molar-refractivity contribution in [3.05, 3.63) is 28.8 Å². The molecule has 1 heterocycles. The molecule has 1 aliphatic rings. The lowest BCUT2D eigenvalue weighted by Crippen LogP contribution is -2.43. The van der Waals surface area contributed by atoms with E-state index in [4.69, 9.17) is 25.8 Å². The summed E-state index contributed by atoms with van der Waals surface area (Å²) in [5, 5.41) is 0.457. The summed E-state index contributed by atoms with van der Waals surface area (Å²) in [7, 11) is 1.56. The number of nitrogens with zero attached hydrogens (tertiary/aromatic N) is 1. The number of methoxy groups -OCH3 is 1. The Morgan fingerprint density at radius 1 is 1.52 bits per heavy atom. The number of ether oxygens (including phenoxy) is 3. The van der Waals surface area contributed by atoms with Crippen molar-refractivity contribution in [2.24, 2.45) is 0 Å². The maximum Gasteiger partial charge on any atom is 0.246 e. The number of benzene rings is 1. The number of hydrogen-bond donors (Lipinski definition) is 0. The Balaban J connectivity index is 2.12. The van der Waals surface area contributed by atoms with Crippen molar-refractivity contribution in [3.63, 3.8) is 0 Å². The molecule has 1 saturated heterocycles. The van der Waals surface area contributed by atoms with Gasteiger partial charge in [-0.3, -0.25) is 4.79 Å². The van der Waals surface area contributed by atoms with Gasteiger partial charge in [0.15, 0.2) is 11.5 Å². The molecule has 5 nitrogen and oxygen atoms in total. The minimum Gasteiger partial charge on any atom is -0.493 e. The maximum atomic E-state index is 12.2. The van der Waals surface area contributed by atoms with Gasteiger partial charge in [-0.2, -0.15) is 0 Å². The average Bonchev–Trinajstić information content (AvgIpc) is 2.54. The van der Waals surface area contributed by atoms with Gasteiger partial charge in [-0.05, 0) is 37.6 Å². The molecule has 23 heavy (non-hydrogen) atoms. The van der Waals surface area contributed by atoms with Crippen LogP contribution in [-0.4, -0.2) is 50.3 Å². The van der Waals surface area contributed by atoms with Crippen molar-refractivity contribution < 1.29 is 19.0 Å². The highest BCUT2D eigenvalue weighted by Gasteiger charge is 2.19. The van der Waals surface area contributed by atoms with E-state index in [0.717, 1.165) is 5.56 Å². The topological polar surface area (TPSA) is 48.0 Å². The molecule has 6 heteroatoms. The van der Waals surface area contributed by atoms with Crippen LogP contribution in [-0.2, 0) is 9.53 Å². The van der Waals surface area contributed by atoms with Crippen LogP contribution in [0.15, 0.2) is 18.2 Å². The molecule has 0 saturated carbocycles. The highest BCUT2D eigenvalue weighted by Crippen LogP contribution is 2.36. The van der Waals surface area contributed by atoms with Gasteiger partial charge in [0.25, 0.3) is 0 Å². The van der Waals surface area contributed by atoms with E-state index in [1.807, 2.05) is 13.8 Å². The van der Waals surface area contributed by atoms with Crippen LogP contribution in [0, 0.1) is 0 Å². The van der Waals surface area contributed by atoms with Gasteiger partial charge in [-0.1, -0.05) is 11.6 Å².